The smallest absolute Gasteiger partial charge is 0.245 e. The second kappa shape index (κ2) is 6.36. The molecule has 0 atom stereocenters. The number of anilines is 1. The van der Waals surface area contributed by atoms with Crippen molar-refractivity contribution in [3.8, 4) is 0 Å². The predicted molar refractivity (Wildman–Crippen MR) is 75.1 cm³/mol. The Kier molecular flexibility index (Phi) is 5.34. The van der Waals surface area contributed by atoms with E-state index in [4.69, 9.17) is 17.3 Å². The van der Waals surface area contributed by atoms with E-state index in [-0.39, 0.29) is 17.3 Å². The van der Waals surface area contributed by atoms with Gasteiger partial charge in [-0.3, -0.25) is 0 Å². The zero-order chi connectivity index (χ0) is 14.6. The number of nitrogen functional groups attached to an aromatic ring is 1. The summed E-state index contributed by atoms with van der Waals surface area (Å²) in [6.07, 6.45) is 2.98. The summed E-state index contributed by atoms with van der Waals surface area (Å²) in [5.74, 6) is -0.980. The lowest BCUT2D eigenvalue weighted by atomic mass is 10.3. The molecule has 106 valence electrons. The van der Waals surface area contributed by atoms with E-state index in [1.165, 1.54) is 13.1 Å². The summed E-state index contributed by atoms with van der Waals surface area (Å²) in [6, 6.07) is 2.24. The second-order valence-electron chi connectivity index (χ2n) is 4.07. The van der Waals surface area contributed by atoms with Crippen LogP contribution in [0.4, 0.5) is 10.1 Å². The van der Waals surface area contributed by atoms with Gasteiger partial charge in [-0.15, -0.1) is 6.58 Å². The van der Waals surface area contributed by atoms with Gasteiger partial charge in [-0.2, -0.15) is 0 Å². The van der Waals surface area contributed by atoms with Crippen molar-refractivity contribution in [2.45, 2.75) is 17.7 Å². The minimum absolute atomic E-state index is 0.101. The maximum absolute atomic E-state index is 13.8. The van der Waals surface area contributed by atoms with Crippen molar-refractivity contribution in [1.29, 1.82) is 0 Å². The average Bonchev–Trinajstić information content (AvgIpc) is 2.33. The number of nitrogens with two attached hydrogens (primary N) is 1. The largest absolute Gasteiger partial charge is 0.399 e. The molecule has 0 aliphatic rings. The Balaban J connectivity index is 3.09. The highest BCUT2D eigenvalue weighted by Gasteiger charge is 2.26. The molecule has 0 heterocycles. The average molecular weight is 307 g/mol. The van der Waals surface area contributed by atoms with Crippen LogP contribution in [-0.4, -0.2) is 26.3 Å². The Morgan fingerprint density at radius 1 is 1.53 bits per heavy atom. The van der Waals surface area contributed by atoms with Crippen LogP contribution in [0.25, 0.3) is 0 Å². The number of halogens is 2. The van der Waals surface area contributed by atoms with Gasteiger partial charge in [-0.05, 0) is 25.0 Å². The van der Waals surface area contributed by atoms with E-state index in [0.717, 1.165) is 10.4 Å². The molecule has 4 nitrogen and oxygen atoms in total. The molecule has 0 spiro atoms. The molecule has 0 bridgehead atoms. The monoisotopic (exact) mass is 306 g/mol. The summed E-state index contributed by atoms with van der Waals surface area (Å²) in [4.78, 5) is -0.501. The minimum Gasteiger partial charge on any atom is -0.399 e. The van der Waals surface area contributed by atoms with E-state index >= 15 is 0 Å². The molecular weight excluding hydrogens is 291 g/mol. The van der Waals surface area contributed by atoms with Crippen LogP contribution in [0, 0.1) is 5.82 Å². The van der Waals surface area contributed by atoms with Gasteiger partial charge in [0.1, 0.15) is 4.90 Å². The van der Waals surface area contributed by atoms with E-state index in [2.05, 4.69) is 6.58 Å². The zero-order valence-electron chi connectivity index (χ0n) is 10.6. The Morgan fingerprint density at radius 2 is 2.16 bits per heavy atom. The number of sulfonamides is 1. The highest BCUT2D eigenvalue weighted by molar-refractivity contribution is 7.89. The molecule has 0 unspecified atom stereocenters. The molecule has 2 N–H and O–H groups in total. The molecule has 0 amide bonds. The van der Waals surface area contributed by atoms with Crippen LogP contribution >= 0.6 is 11.6 Å². The third kappa shape index (κ3) is 3.68. The van der Waals surface area contributed by atoms with Crippen molar-refractivity contribution >= 4 is 27.3 Å². The molecule has 0 saturated heterocycles. The van der Waals surface area contributed by atoms with Gasteiger partial charge in [-0.25, -0.2) is 17.1 Å². The molecule has 1 aromatic carbocycles. The molecule has 7 heteroatoms. The number of nitrogens with zero attached hydrogens (tertiary/aromatic N) is 1. The summed E-state index contributed by atoms with van der Waals surface area (Å²) in [6.45, 7) is 3.82. The molecule has 1 rings (SSSR count). The topological polar surface area (TPSA) is 63.4 Å². The molecule has 0 radical (unpaired) electrons. The van der Waals surface area contributed by atoms with Crippen molar-refractivity contribution in [3.63, 3.8) is 0 Å². The Morgan fingerprint density at radius 3 is 2.74 bits per heavy atom. The van der Waals surface area contributed by atoms with Crippen molar-refractivity contribution in [2.75, 3.05) is 19.3 Å². The first-order valence-electron chi connectivity index (χ1n) is 5.62. The first kappa shape index (κ1) is 15.9. The molecule has 0 aromatic heterocycles. The SMILES string of the molecule is C=CCCCN(C)S(=O)(=O)c1cc(N)cc(Cl)c1F. The number of unbranched alkanes of at least 4 members (excludes halogenated alkanes) is 1. The van der Waals surface area contributed by atoms with Crippen LogP contribution < -0.4 is 5.73 Å². The van der Waals surface area contributed by atoms with Crippen molar-refractivity contribution in [2.24, 2.45) is 0 Å². The number of rotatable bonds is 6. The normalized spacial score (nSPS) is 11.8. The second-order valence-corrected chi connectivity index (χ2v) is 6.49. The van der Waals surface area contributed by atoms with Crippen LogP contribution in [0.3, 0.4) is 0 Å². The lowest BCUT2D eigenvalue weighted by molar-refractivity contribution is 0.456. The standard InChI is InChI=1S/C12H16ClFN2O2S/c1-3-4-5-6-16(2)19(17,18)11-8-9(15)7-10(13)12(11)14/h3,7-8H,1,4-6,15H2,2H3. The number of hydrogen-bond donors (Lipinski definition) is 1. The van der Waals surface area contributed by atoms with E-state index in [9.17, 15) is 12.8 Å². The number of hydrogen-bond acceptors (Lipinski definition) is 3. The summed E-state index contributed by atoms with van der Waals surface area (Å²) >= 11 is 5.61. The van der Waals surface area contributed by atoms with Gasteiger partial charge < -0.3 is 5.73 Å². The van der Waals surface area contributed by atoms with E-state index in [1.54, 1.807) is 6.08 Å². The third-order valence-electron chi connectivity index (χ3n) is 2.59. The highest BCUT2D eigenvalue weighted by Crippen LogP contribution is 2.27. The van der Waals surface area contributed by atoms with Crippen molar-refractivity contribution in [1.82, 2.24) is 4.31 Å². The fraction of sp³-hybridized carbons (Fsp3) is 0.333. The van der Waals surface area contributed by atoms with Gasteiger partial charge >= 0.3 is 0 Å². The number of benzene rings is 1. The fourth-order valence-electron chi connectivity index (χ4n) is 1.52. The summed E-state index contributed by atoms with van der Waals surface area (Å²) in [5.41, 5.74) is 5.60. The first-order valence-corrected chi connectivity index (χ1v) is 7.44. The zero-order valence-corrected chi connectivity index (χ0v) is 12.1. The van der Waals surface area contributed by atoms with Crippen LogP contribution in [0.5, 0.6) is 0 Å². The first-order chi connectivity index (χ1) is 8.80. The Labute approximate surface area is 117 Å². The molecule has 0 saturated carbocycles. The van der Waals surface area contributed by atoms with Crippen LogP contribution in [0.15, 0.2) is 29.7 Å². The van der Waals surface area contributed by atoms with E-state index < -0.39 is 20.7 Å². The molecule has 0 aliphatic heterocycles. The van der Waals surface area contributed by atoms with Crippen molar-refractivity contribution < 1.29 is 12.8 Å². The molecule has 0 aliphatic carbocycles. The molecule has 1 aromatic rings. The molecule has 0 fully saturated rings. The Bertz CT molecular complexity index is 575. The molecule has 19 heavy (non-hydrogen) atoms. The highest BCUT2D eigenvalue weighted by atomic mass is 35.5. The lowest BCUT2D eigenvalue weighted by Gasteiger charge is -2.17. The van der Waals surface area contributed by atoms with E-state index in [0.29, 0.717) is 12.8 Å². The van der Waals surface area contributed by atoms with Gasteiger partial charge in [0, 0.05) is 19.3 Å². The van der Waals surface area contributed by atoms with Crippen LogP contribution in [-0.2, 0) is 10.0 Å². The van der Waals surface area contributed by atoms with Gasteiger partial charge in [0.15, 0.2) is 5.82 Å². The number of allylic oxidation sites excluding steroid dienone is 1. The van der Waals surface area contributed by atoms with Gasteiger partial charge in [-0.1, -0.05) is 17.7 Å². The lowest BCUT2D eigenvalue weighted by Crippen LogP contribution is -2.28. The third-order valence-corrected chi connectivity index (χ3v) is 4.72. The van der Waals surface area contributed by atoms with Crippen molar-refractivity contribution in [3.05, 3.63) is 35.6 Å². The maximum atomic E-state index is 13.8. The van der Waals surface area contributed by atoms with Crippen LogP contribution in [0.1, 0.15) is 12.8 Å². The van der Waals surface area contributed by atoms with E-state index in [1.807, 2.05) is 0 Å². The van der Waals surface area contributed by atoms with Crippen LogP contribution in [0.2, 0.25) is 5.02 Å². The summed E-state index contributed by atoms with van der Waals surface area (Å²) in [5, 5.41) is -0.307. The van der Waals surface area contributed by atoms with Gasteiger partial charge in [0.05, 0.1) is 5.02 Å². The quantitative estimate of drug-likeness (QED) is 0.499. The maximum Gasteiger partial charge on any atom is 0.245 e. The van der Waals surface area contributed by atoms with Gasteiger partial charge in [0.2, 0.25) is 10.0 Å². The predicted octanol–water partition coefficient (Wildman–Crippen LogP) is 2.65. The minimum atomic E-state index is -3.94. The summed E-state index contributed by atoms with van der Waals surface area (Å²) in [7, 11) is -2.55. The summed E-state index contributed by atoms with van der Waals surface area (Å²) < 4.78 is 39.3. The Hall–Kier alpha value is -1.11. The fourth-order valence-corrected chi connectivity index (χ4v) is 3.13. The van der Waals surface area contributed by atoms with Gasteiger partial charge in [0.25, 0.3) is 0 Å². The molecular formula is C12H16ClFN2O2S.